The molecule has 0 aliphatic carbocycles. The minimum atomic E-state index is 0.810. The van der Waals surface area contributed by atoms with E-state index in [1.54, 1.807) is 0 Å². The highest BCUT2D eigenvalue weighted by Gasteiger charge is 1.99. The molecule has 0 aliphatic rings. The van der Waals surface area contributed by atoms with Crippen LogP contribution in [0.4, 0.5) is 0 Å². The lowest BCUT2D eigenvalue weighted by Gasteiger charge is -1.92. The second-order valence-corrected chi connectivity index (χ2v) is 2.89. The molecule has 0 saturated carbocycles. The highest BCUT2D eigenvalue weighted by molar-refractivity contribution is 5.70. The number of pyridine rings is 1. The van der Waals surface area contributed by atoms with Gasteiger partial charge in [-0.2, -0.15) is 0 Å². The lowest BCUT2D eigenvalue weighted by Crippen LogP contribution is -1.82. The zero-order chi connectivity index (χ0) is 10.6. The molecule has 0 radical (unpaired) electrons. The summed E-state index contributed by atoms with van der Waals surface area (Å²) >= 11 is 0. The fourth-order valence-corrected chi connectivity index (χ4v) is 1.26. The molecule has 76 valence electrons. The lowest BCUT2D eigenvalue weighted by atomic mass is 10.2. The Morgan fingerprint density at radius 1 is 1.36 bits per heavy atom. The Hall–Kier alpha value is -1.38. The van der Waals surface area contributed by atoms with Gasteiger partial charge in [-0.3, -0.25) is 0 Å². The third-order valence-electron chi connectivity index (χ3n) is 1.92. The van der Waals surface area contributed by atoms with Crippen molar-refractivity contribution in [1.82, 2.24) is 15.0 Å². The number of H-pyrrole nitrogens is 1. The molecule has 0 aromatic carbocycles. The van der Waals surface area contributed by atoms with Crippen LogP contribution in [0.15, 0.2) is 12.3 Å². The van der Waals surface area contributed by atoms with E-state index in [0.29, 0.717) is 0 Å². The Kier molecular flexibility index (Phi) is 3.63. The number of aryl methyl sites for hydroxylation is 2. The zero-order valence-corrected chi connectivity index (χ0v) is 9.26. The van der Waals surface area contributed by atoms with Crippen LogP contribution in [0.25, 0.3) is 11.2 Å². The largest absolute Gasteiger partial charge is 0.341 e. The Morgan fingerprint density at radius 3 is 2.71 bits per heavy atom. The molecule has 14 heavy (non-hydrogen) atoms. The Balaban J connectivity index is 0.000000461. The summed E-state index contributed by atoms with van der Waals surface area (Å²) in [6, 6.07) is 2.10. The van der Waals surface area contributed by atoms with Crippen molar-refractivity contribution in [3.63, 3.8) is 0 Å². The molecule has 3 heteroatoms. The number of hydrogen-bond donors (Lipinski definition) is 1. The standard InChI is InChI=1S/C9H11N3.C2H6/c1-3-7-4-8-9(10-5-7)12-6(2)11-8;1-2/h4-5H,3H2,1-2H3,(H,10,11,12);1-2H3. The Labute approximate surface area is 84.6 Å². The molecule has 0 atom stereocenters. The van der Waals surface area contributed by atoms with E-state index >= 15 is 0 Å². The maximum Gasteiger partial charge on any atom is 0.177 e. The first-order valence-electron chi connectivity index (χ1n) is 5.11. The predicted molar refractivity (Wildman–Crippen MR) is 59.4 cm³/mol. The van der Waals surface area contributed by atoms with Crippen LogP contribution in [-0.4, -0.2) is 15.0 Å². The summed E-state index contributed by atoms with van der Waals surface area (Å²) in [6.07, 6.45) is 2.89. The first kappa shape index (κ1) is 10.7. The van der Waals surface area contributed by atoms with Crippen LogP contribution in [0.3, 0.4) is 0 Å². The fourth-order valence-electron chi connectivity index (χ4n) is 1.26. The van der Waals surface area contributed by atoms with E-state index in [4.69, 9.17) is 0 Å². The highest BCUT2D eigenvalue weighted by atomic mass is 15.0. The molecule has 0 aliphatic heterocycles. The van der Waals surface area contributed by atoms with E-state index in [9.17, 15) is 0 Å². The SMILES string of the molecule is CC.CCc1cnc2nc(C)[nH]c2c1. The van der Waals surface area contributed by atoms with Crippen molar-refractivity contribution in [2.45, 2.75) is 34.1 Å². The summed E-state index contributed by atoms with van der Waals surface area (Å²) in [4.78, 5) is 11.6. The predicted octanol–water partition coefficient (Wildman–Crippen LogP) is 2.85. The summed E-state index contributed by atoms with van der Waals surface area (Å²) in [6.45, 7) is 8.05. The molecule has 0 unspecified atom stereocenters. The van der Waals surface area contributed by atoms with Gasteiger partial charge in [-0.05, 0) is 25.0 Å². The van der Waals surface area contributed by atoms with Gasteiger partial charge in [0.05, 0.1) is 5.52 Å². The molecule has 2 aromatic rings. The summed E-state index contributed by atoms with van der Waals surface area (Å²) in [5, 5.41) is 0. The van der Waals surface area contributed by atoms with Crippen molar-refractivity contribution in [2.24, 2.45) is 0 Å². The number of aromatic amines is 1. The number of nitrogens with one attached hydrogen (secondary N) is 1. The van der Waals surface area contributed by atoms with E-state index in [1.165, 1.54) is 5.56 Å². The zero-order valence-electron chi connectivity index (χ0n) is 9.26. The number of rotatable bonds is 1. The molecule has 2 heterocycles. The van der Waals surface area contributed by atoms with Crippen molar-refractivity contribution in [3.05, 3.63) is 23.7 Å². The van der Waals surface area contributed by atoms with Gasteiger partial charge in [0.15, 0.2) is 5.65 Å². The van der Waals surface area contributed by atoms with Gasteiger partial charge in [-0.1, -0.05) is 20.8 Å². The first-order chi connectivity index (χ1) is 6.79. The van der Waals surface area contributed by atoms with E-state index in [1.807, 2.05) is 27.0 Å². The number of fused-ring (bicyclic) bond motifs is 1. The van der Waals surface area contributed by atoms with Crippen molar-refractivity contribution < 1.29 is 0 Å². The number of hydrogen-bond acceptors (Lipinski definition) is 2. The van der Waals surface area contributed by atoms with Crippen LogP contribution in [-0.2, 0) is 6.42 Å². The summed E-state index contributed by atoms with van der Waals surface area (Å²) in [5.41, 5.74) is 3.09. The van der Waals surface area contributed by atoms with E-state index in [-0.39, 0.29) is 0 Å². The normalized spacial score (nSPS) is 9.71. The lowest BCUT2D eigenvalue weighted by molar-refractivity contribution is 1.11. The molecule has 0 spiro atoms. The van der Waals surface area contributed by atoms with Crippen molar-refractivity contribution in [2.75, 3.05) is 0 Å². The fraction of sp³-hybridized carbons (Fsp3) is 0.455. The topological polar surface area (TPSA) is 41.6 Å². The van der Waals surface area contributed by atoms with Gasteiger partial charge in [0, 0.05) is 6.20 Å². The van der Waals surface area contributed by atoms with Gasteiger partial charge in [-0.15, -0.1) is 0 Å². The van der Waals surface area contributed by atoms with E-state index in [0.717, 1.165) is 23.4 Å². The van der Waals surface area contributed by atoms with Gasteiger partial charge in [-0.25, -0.2) is 9.97 Å². The maximum absolute atomic E-state index is 4.23. The molecule has 3 nitrogen and oxygen atoms in total. The third kappa shape index (κ3) is 2.10. The van der Waals surface area contributed by atoms with Crippen LogP contribution in [0.1, 0.15) is 32.2 Å². The first-order valence-corrected chi connectivity index (χ1v) is 5.11. The molecule has 2 rings (SSSR count). The monoisotopic (exact) mass is 191 g/mol. The van der Waals surface area contributed by atoms with Crippen LogP contribution < -0.4 is 0 Å². The molecular formula is C11H17N3. The van der Waals surface area contributed by atoms with Crippen LogP contribution in [0, 0.1) is 6.92 Å². The molecule has 1 N–H and O–H groups in total. The second-order valence-electron chi connectivity index (χ2n) is 2.89. The average Bonchev–Trinajstić information content (AvgIpc) is 2.59. The maximum atomic E-state index is 4.23. The quantitative estimate of drug-likeness (QED) is 0.753. The molecule has 0 saturated heterocycles. The van der Waals surface area contributed by atoms with Gasteiger partial charge in [0.1, 0.15) is 5.82 Å². The Morgan fingerprint density at radius 2 is 2.07 bits per heavy atom. The van der Waals surface area contributed by atoms with Crippen LogP contribution in [0.5, 0.6) is 0 Å². The van der Waals surface area contributed by atoms with Crippen LogP contribution in [0.2, 0.25) is 0 Å². The Bertz CT molecular complexity index is 404. The molecule has 0 fully saturated rings. The van der Waals surface area contributed by atoms with Crippen molar-refractivity contribution in [3.8, 4) is 0 Å². The van der Waals surface area contributed by atoms with Gasteiger partial charge in [0.25, 0.3) is 0 Å². The smallest absolute Gasteiger partial charge is 0.177 e. The highest BCUT2D eigenvalue weighted by Crippen LogP contribution is 2.10. The summed E-state index contributed by atoms with van der Waals surface area (Å²) < 4.78 is 0. The van der Waals surface area contributed by atoms with Gasteiger partial charge >= 0.3 is 0 Å². The van der Waals surface area contributed by atoms with Crippen molar-refractivity contribution >= 4 is 11.2 Å². The number of nitrogens with zero attached hydrogens (tertiary/aromatic N) is 2. The van der Waals surface area contributed by atoms with Crippen molar-refractivity contribution in [1.29, 1.82) is 0 Å². The minimum absolute atomic E-state index is 0.810. The number of aromatic nitrogens is 3. The average molecular weight is 191 g/mol. The number of imidazole rings is 1. The second kappa shape index (κ2) is 4.74. The van der Waals surface area contributed by atoms with E-state index < -0.39 is 0 Å². The molecule has 0 amide bonds. The molecular weight excluding hydrogens is 174 g/mol. The summed E-state index contributed by atoms with van der Waals surface area (Å²) in [7, 11) is 0. The van der Waals surface area contributed by atoms with Gasteiger partial charge < -0.3 is 4.98 Å². The minimum Gasteiger partial charge on any atom is -0.341 e. The molecule has 2 aromatic heterocycles. The van der Waals surface area contributed by atoms with E-state index in [2.05, 4.69) is 27.9 Å². The third-order valence-corrected chi connectivity index (χ3v) is 1.92. The molecule has 0 bridgehead atoms. The van der Waals surface area contributed by atoms with Gasteiger partial charge in [0.2, 0.25) is 0 Å². The van der Waals surface area contributed by atoms with Crippen LogP contribution >= 0.6 is 0 Å². The summed E-state index contributed by atoms with van der Waals surface area (Å²) in [5.74, 6) is 0.922.